The number of nitro groups is 1. The maximum absolute atomic E-state index is 11.4. The van der Waals surface area contributed by atoms with Crippen LogP contribution < -0.4 is 4.90 Å². The Bertz CT molecular complexity index is 403. The van der Waals surface area contributed by atoms with E-state index in [4.69, 9.17) is 0 Å². The van der Waals surface area contributed by atoms with Crippen molar-refractivity contribution >= 4 is 11.6 Å². The molecule has 1 amide bonds. The third-order valence-electron chi connectivity index (χ3n) is 2.18. The Balaban J connectivity index is 2.34. The largest absolute Gasteiger partial charge is 0.284 e. The zero-order valence-electron chi connectivity index (χ0n) is 7.34. The molecule has 1 aromatic carbocycles. The fourth-order valence-electron chi connectivity index (χ4n) is 1.59. The Morgan fingerprint density at radius 3 is 2.86 bits per heavy atom. The molecule has 2 rings (SSSR count). The van der Waals surface area contributed by atoms with Gasteiger partial charge in [0.15, 0.2) is 0 Å². The van der Waals surface area contributed by atoms with Crippen molar-refractivity contribution in [3.05, 3.63) is 39.9 Å². The highest BCUT2D eigenvalue weighted by Gasteiger charge is 2.29. The number of fused-ring (bicyclic) bond motifs is 1. The SMILES string of the molecule is O=C1Cc2ccccc2N1C[N+](=O)[O-]. The Kier molecular flexibility index (Phi) is 1.92. The van der Waals surface area contributed by atoms with Gasteiger partial charge in [-0.3, -0.25) is 19.8 Å². The van der Waals surface area contributed by atoms with Gasteiger partial charge < -0.3 is 0 Å². The number of rotatable bonds is 2. The van der Waals surface area contributed by atoms with Gasteiger partial charge in [0.2, 0.25) is 5.91 Å². The number of para-hydroxylation sites is 1. The van der Waals surface area contributed by atoms with Gasteiger partial charge in [-0.25, -0.2) is 0 Å². The van der Waals surface area contributed by atoms with E-state index in [1.54, 1.807) is 12.1 Å². The number of anilines is 1. The van der Waals surface area contributed by atoms with E-state index in [0.29, 0.717) is 5.69 Å². The van der Waals surface area contributed by atoms with Crippen LogP contribution in [-0.4, -0.2) is 17.5 Å². The van der Waals surface area contributed by atoms with E-state index in [1.165, 1.54) is 4.90 Å². The Morgan fingerprint density at radius 1 is 1.43 bits per heavy atom. The maximum Gasteiger partial charge on any atom is 0.284 e. The summed E-state index contributed by atoms with van der Waals surface area (Å²) in [6.45, 7) is -0.449. The van der Waals surface area contributed by atoms with Crippen LogP contribution in [-0.2, 0) is 11.2 Å². The summed E-state index contributed by atoms with van der Waals surface area (Å²) in [7, 11) is 0. The van der Waals surface area contributed by atoms with E-state index in [1.807, 2.05) is 12.1 Å². The number of nitrogens with zero attached hydrogens (tertiary/aromatic N) is 2. The molecule has 14 heavy (non-hydrogen) atoms. The second kappa shape index (κ2) is 3.10. The van der Waals surface area contributed by atoms with Gasteiger partial charge >= 0.3 is 0 Å². The highest BCUT2D eigenvalue weighted by Crippen LogP contribution is 2.27. The Hall–Kier alpha value is -1.91. The lowest BCUT2D eigenvalue weighted by atomic mass is 10.2. The van der Waals surface area contributed by atoms with Gasteiger partial charge in [-0.05, 0) is 11.6 Å². The molecule has 0 unspecified atom stereocenters. The quantitative estimate of drug-likeness (QED) is 0.514. The van der Waals surface area contributed by atoms with Crippen LogP contribution in [0.4, 0.5) is 5.69 Å². The van der Waals surface area contributed by atoms with Crippen molar-refractivity contribution < 1.29 is 9.72 Å². The van der Waals surface area contributed by atoms with Crippen molar-refractivity contribution in [1.82, 2.24) is 0 Å². The van der Waals surface area contributed by atoms with E-state index < -0.39 is 11.6 Å². The molecule has 0 fully saturated rings. The lowest BCUT2D eigenvalue weighted by Crippen LogP contribution is -2.31. The molecular formula is C9H8N2O3. The summed E-state index contributed by atoms with van der Waals surface area (Å²) in [5.74, 6) is -0.206. The standard InChI is InChI=1S/C9H8N2O3/c12-9-5-7-3-1-2-4-8(7)10(9)6-11(13)14/h1-4H,5-6H2. The zero-order chi connectivity index (χ0) is 10.1. The molecule has 5 nitrogen and oxygen atoms in total. The molecule has 0 atom stereocenters. The van der Waals surface area contributed by atoms with Crippen molar-refractivity contribution in [2.45, 2.75) is 6.42 Å². The number of hydrogen-bond donors (Lipinski definition) is 0. The molecule has 72 valence electrons. The first-order chi connectivity index (χ1) is 6.68. The second-order valence-electron chi connectivity index (χ2n) is 3.10. The summed E-state index contributed by atoms with van der Waals surface area (Å²) >= 11 is 0. The summed E-state index contributed by atoms with van der Waals surface area (Å²) in [5, 5.41) is 10.3. The van der Waals surface area contributed by atoms with Crippen LogP contribution in [0, 0.1) is 10.1 Å². The molecular weight excluding hydrogens is 184 g/mol. The summed E-state index contributed by atoms with van der Waals surface area (Å²) in [4.78, 5) is 22.4. The topological polar surface area (TPSA) is 63.5 Å². The minimum atomic E-state index is -0.500. The van der Waals surface area contributed by atoms with Crippen LogP contribution in [0.15, 0.2) is 24.3 Å². The maximum atomic E-state index is 11.4. The van der Waals surface area contributed by atoms with Gasteiger partial charge in [0.25, 0.3) is 6.67 Å². The lowest BCUT2D eigenvalue weighted by Gasteiger charge is -2.11. The van der Waals surface area contributed by atoms with Crippen LogP contribution in [0.1, 0.15) is 5.56 Å². The van der Waals surface area contributed by atoms with Gasteiger partial charge in [0, 0.05) is 4.92 Å². The van der Waals surface area contributed by atoms with E-state index in [0.717, 1.165) is 5.56 Å². The van der Waals surface area contributed by atoms with E-state index in [-0.39, 0.29) is 12.3 Å². The van der Waals surface area contributed by atoms with Crippen molar-refractivity contribution in [2.24, 2.45) is 0 Å². The van der Waals surface area contributed by atoms with Crippen LogP contribution in [0.25, 0.3) is 0 Å². The molecule has 1 heterocycles. The molecule has 0 N–H and O–H groups in total. The molecule has 1 aliphatic rings. The van der Waals surface area contributed by atoms with Crippen LogP contribution >= 0.6 is 0 Å². The first kappa shape index (κ1) is 8.68. The van der Waals surface area contributed by atoms with Crippen LogP contribution in [0.5, 0.6) is 0 Å². The fourth-order valence-corrected chi connectivity index (χ4v) is 1.59. The first-order valence-corrected chi connectivity index (χ1v) is 4.18. The molecule has 1 aliphatic heterocycles. The lowest BCUT2D eigenvalue weighted by molar-refractivity contribution is -0.477. The molecule has 0 spiro atoms. The summed E-state index contributed by atoms with van der Waals surface area (Å²) < 4.78 is 0. The number of carbonyl (C=O) groups excluding carboxylic acids is 1. The van der Waals surface area contributed by atoms with E-state index in [9.17, 15) is 14.9 Å². The number of amides is 1. The smallest absolute Gasteiger partial charge is 0.274 e. The average Bonchev–Trinajstić information content (AvgIpc) is 2.43. The van der Waals surface area contributed by atoms with Gasteiger partial charge in [-0.1, -0.05) is 18.2 Å². The van der Waals surface area contributed by atoms with E-state index in [2.05, 4.69) is 0 Å². The monoisotopic (exact) mass is 192 g/mol. The van der Waals surface area contributed by atoms with Crippen LogP contribution in [0.3, 0.4) is 0 Å². The van der Waals surface area contributed by atoms with Crippen molar-refractivity contribution in [2.75, 3.05) is 11.6 Å². The van der Waals surface area contributed by atoms with Crippen molar-refractivity contribution in [3.63, 3.8) is 0 Å². The number of carbonyl (C=O) groups is 1. The third kappa shape index (κ3) is 1.32. The summed E-state index contributed by atoms with van der Waals surface area (Å²) in [6.07, 6.45) is 0.268. The zero-order valence-corrected chi connectivity index (χ0v) is 7.34. The molecule has 1 aromatic rings. The van der Waals surface area contributed by atoms with Gasteiger partial charge in [-0.15, -0.1) is 0 Å². The van der Waals surface area contributed by atoms with Crippen molar-refractivity contribution in [1.29, 1.82) is 0 Å². The first-order valence-electron chi connectivity index (χ1n) is 4.18. The normalized spacial score (nSPS) is 14.3. The Morgan fingerprint density at radius 2 is 2.14 bits per heavy atom. The van der Waals surface area contributed by atoms with Crippen molar-refractivity contribution in [3.8, 4) is 0 Å². The Labute approximate surface area is 80.1 Å². The highest BCUT2D eigenvalue weighted by atomic mass is 16.6. The minimum Gasteiger partial charge on any atom is -0.274 e. The molecule has 0 aromatic heterocycles. The molecule has 5 heteroatoms. The van der Waals surface area contributed by atoms with E-state index >= 15 is 0 Å². The fraction of sp³-hybridized carbons (Fsp3) is 0.222. The number of hydrogen-bond acceptors (Lipinski definition) is 3. The van der Waals surface area contributed by atoms with Gasteiger partial charge in [0.05, 0.1) is 12.1 Å². The predicted octanol–water partition coefficient (Wildman–Crippen LogP) is 0.810. The van der Waals surface area contributed by atoms with Gasteiger partial charge in [-0.2, -0.15) is 0 Å². The summed E-state index contributed by atoms with van der Waals surface area (Å²) in [5.41, 5.74) is 1.52. The summed E-state index contributed by atoms with van der Waals surface area (Å²) in [6, 6.07) is 7.13. The second-order valence-corrected chi connectivity index (χ2v) is 3.10. The average molecular weight is 192 g/mol. The molecule has 0 bridgehead atoms. The predicted molar refractivity (Wildman–Crippen MR) is 49.5 cm³/mol. The molecule has 0 saturated heterocycles. The van der Waals surface area contributed by atoms with Gasteiger partial charge in [0.1, 0.15) is 0 Å². The minimum absolute atomic E-state index is 0.206. The molecule has 0 radical (unpaired) electrons. The molecule has 0 saturated carbocycles. The van der Waals surface area contributed by atoms with Crippen LogP contribution in [0.2, 0.25) is 0 Å². The number of benzene rings is 1. The third-order valence-corrected chi connectivity index (χ3v) is 2.18. The highest BCUT2D eigenvalue weighted by molar-refractivity contribution is 6.01. The molecule has 0 aliphatic carbocycles.